The number of Topliss-reactive ketones (excluding diaryl/α,β-unsaturated/α-hetero) is 1. The van der Waals surface area contributed by atoms with Gasteiger partial charge in [-0.2, -0.15) is 0 Å². The lowest BCUT2D eigenvalue weighted by Gasteiger charge is -2.38. The second kappa shape index (κ2) is 12.1. The molecule has 5 nitrogen and oxygen atoms in total. The van der Waals surface area contributed by atoms with Crippen molar-refractivity contribution < 1.29 is 24.5 Å². The maximum Gasteiger partial charge on any atom is 0.162 e. The molecular weight excluding hydrogens is 409 g/mol. The highest BCUT2D eigenvalue weighted by molar-refractivity contribution is 6.30. The van der Waals surface area contributed by atoms with Gasteiger partial charge < -0.3 is 20.2 Å². The van der Waals surface area contributed by atoms with Crippen LogP contribution in [-0.4, -0.2) is 58.9 Å². The summed E-state index contributed by atoms with van der Waals surface area (Å²) in [6, 6.07) is 13.1. The predicted octanol–water partition coefficient (Wildman–Crippen LogP) is 3.40. The van der Waals surface area contributed by atoms with Crippen LogP contribution in [0, 0.1) is 5.82 Å². The predicted molar refractivity (Wildman–Crippen MR) is 115 cm³/mol. The fourth-order valence-electron chi connectivity index (χ4n) is 3.44. The average molecular weight is 438 g/mol. The van der Waals surface area contributed by atoms with E-state index >= 15 is 0 Å². The van der Waals surface area contributed by atoms with Crippen LogP contribution in [0.5, 0.6) is 0 Å². The lowest BCUT2D eigenvalue weighted by Crippen LogP contribution is -2.42. The van der Waals surface area contributed by atoms with E-state index in [0.717, 1.165) is 31.6 Å². The number of halogens is 2. The summed E-state index contributed by atoms with van der Waals surface area (Å²) in [5.74, 6) is -0.289. The van der Waals surface area contributed by atoms with E-state index in [2.05, 4.69) is 4.90 Å². The van der Waals surface area contributed by atoms with Crippen LogP contribution in [0.1, 0.15) is 41.6 Å². The van der Waals surface area contributed by atoms with Gasteiger partial charge in [0.15, 0.2) is 5.78 Å². The van der Waals surface area contributed by atoms with Crippen molar-refractivity contribution in [3.8, 4) is 0 Å². The number of likely N-dealkylation sites (tertiary alicyclic amines) is 1. The van der Waals surface area contributed by atoms with Crippen LogP contribution in [0.15, 0.2) is 48.5 Å². The number of rotatable bonds is 7. The number of nitrogens with zero attached hydrogens (tertiary/aromatic N) is 1. The Hall–Kier alpha value is -1.83. The van der Waals surface area contributed by atoms with Gasteiger partial charge in [0.2, 0.25) is 0 Å². The second-order valence-electron chi connectivity index (χ2n) is 7.36. The van der Waals surface area contributed by atoms with Gasteiger partial charge in [-0.25, -0.2) is 4.39 Å². The molecule has 7 heteroatoms. The minimum absolute atomic E-state index is 0.0414. The zero-order valence-electron chi connectivity index (χ0n) is 16.9. The van der Waals surface area contributed by atoms with Gasteiger partial charge in [0.05, 0.1) is 18.8 Å². The Kier molecular flexibility index (Phi) is 9.88. The second-order valence-corrected chi connectivity index (χ2v) is 7.80. The quantitative estimate of drug-likeness (QED) is 0.578. The van der Waals surface area contributed by atoms with Crippen molar-refractivity contribution in [2.45, 2.75) is 31.3 Å². The molecule has 1 aliphatic heterocycles. The van der Waals surface area contributed by atoms with Gasteiger partial charge in [-0.15, -0.1) is 0 Å². The van der Waals surface area contributed by atoms with Crippen molar-refractivity contribution in [1.82, 2.24) is 4.90 Å². The highest BCUT2D eigenvalue weighted by Crippen LogP contribution is 2.33. The molecule has 2 aromatic rings. The molecule has 1 fully saturated rings. The van der Waals surface area contributed by atoms with Crippen LogP contribution >= 0.6 is 11.6 Å². The fourth-order valence-corrected chi connectivity index (χ4v) is 3.56. The van der Waals surface area contributed by atoms with E-state index in [0.29, 0.717) is 29.8 Å². The van der Waals surface area contributed by atoms with Crippen molar-refractivity contribution in [3.05, 3.63) is 70.5 Å². The summed E-state index contributed by atoms with van der Waals surface area (Å²) in [4.78, 5) is 14.4. The molecule has 30 heavy (non-hydrogen) atoms. The zero-order valence-corrected chi connectivity index (χ0v) is 17.7. The number of benzene rings is 2. The zero-order chi connectivity index (χ0) is 22.0. The van der Waals surface area contributed by atoms with E-state index < -0.39 is 5.60 Å². The molecule has 1 heterocycles. The topological polar surface area (TPSA) is 81.0 Å². The Bertz CT molecular complexity index is 773. The molecule has 3 rings (SSSR count). The number of aliphatic hydroxyl groups is 3. The SMILES string of the molecule is O=C(CCCN1CCC(O)(c2ccc(Cl)cc2)CC1)c1ccc(F)cc1.OCCO. The van der Waals surface area contributed by atoms with E-state index in [-0.39, 0.29) is 24.8 Å². The first-order chi connectivity index (χ1) is 14.4. The summed E-state index contributed by atoms with van der Waals surface area (Å²) in [6.45, 7) is 2.16. The molecule has 0 unspecified atom stereocenters. The summed E-state index contributed by atoms with van der Waals surface area (Å²) in [6.07, 6.45) is 2.54. The number of carbonyl (C=O) groups is 1. The van der Waals surface area contributed by atoms with Gasteiger partial charge in [-0.3, -0.25) is 4.79 Å². The number of aliphatic hydroxyl groups excluding tert-OH is 2. The van der Waals surface area contributed by atoms with Crippen molar-refractivity contribution in [1.29, 1.82) is 0 Å². The number of hydrogen-bond acceptors (Lipinski definition) is 5. The van der Waals surface area contributed by atoms with Gasteiger partial charge in [0, 0.05) is 30.1 Å². The largest absolute Gasteiger partial charge is 0.394 e. The molecule has 1 aliphatic rings. The monoisotopic (exact) mass is 437 g/mol. The van der Waals surface area contributed by atoms with Gasteiger partial charge >= 0.3 is 0 Å². The van der Waals surface area contributed by atoms with E-state index in [4.69, 9.17) is 21.8 Å². The Balaban J connectivity index is 0.000000735. The first-order valence-corrected chi connectivity index (χ1v) is 10.5. The van der Waals surface area contributed by atoms with E-state index in [1.807, 2.05) is 24.3 Å². The number of ketones is 1. The van der Waals surface area contributed by atoms with Gasteiger partial charge in [-0.05, 0) is 67.8 Å². The molecule has 3 N–H and O–H groups in total. The van der Waals surface area contributed by atoms with Gasteiger partial charge in [0.1, 0.15) is 5.82 Å². The maximum absolute atomic E-state index is 12.9. The Morgan fingerprint density at radius 1 is 1.00 bits per heavy atom. The minimum Gasteiger partial charge on any atom is -0.394 e. The minimum atomic E-state index is -0.801. The third-order valence-corrected chi connectivity index (χ3v) is 5.46. The molecular formula is C23H29ClFNO4. The molecule has 0 radical (unpaired) electrons. The van der Waals surface area contributed by atoms with Crippen LogP contribution < -0.4 is 0 Å². The highest BCUT2D eigenvalue weighted by Gasteiger charge is 2.33. The Labute approximate surface area is 181 Å². The van der Waals surface area contributed by atoms with E-state index in [9.17, 15) is 14.3 Å². The first-order valence-electron chi connectivity index (χ1n) is 10.1. The molecule has 0 spiro atoms. The normalized spacial score (nSPS) is 15.9. The van der Waals surface area contributed by atoms with Crippen LogP contribution in [-0.2, 0) is 5.60 Å². The third kappa shape index (κ3) is 7.45. The summed E-state index contributed by atoms with van der Waals surface area (Å²) in [5.41, 5.74) is 0.667. The number of carbonyl (C=O) groups excluding carboxylic acids is 1. The smallest absolute Gasteiger partial charge is 0.162 e. The summed E-state index contributed by atoms with van der Waals surface area (Å²) in [7, 11) is 0. The molecule has 0 amide bonds. The standard InChI is InChI=1S/C21H23ClFNO2.C2H6O2/c22-18-7-5-17(6-8-18)21(26)11-14-24(15-12-21)13-1-2-20(25)16-3-9-19(23)10-4-16;3-1-2-4/h3-10,26H,1-2,11-15H2;3-4H,1-2H2. The third-order valence-electron chi connectivity index (χ3n) is 5.21. The number of piperidine rings is 1. The molecule has 0 atom stereocenters. The molecule has 0 aliphatic carbocycles. The van der Waals surface area contributed by atoms with Crippen molar-refractivity contribution in [2.75, 3.05) is 32.8 Å². The Morgan fingerprint density at radius 2 is 1.57 bits per heavy atom. The summed E-state index contributed by atoms with van der Waals surface area (Å²) in [5, 5.41) is 26.8. The van der Waals surface area contributed by atoms with Crippen LogP contribution in [0.2, 0.25) is 5.02 Å². The summed E-state index contributed by atoms with van der Waals surface area (Å²) >= 11 is 5.92. The first kappa shape index (κ1) is 24.4. The fraction of sp³-hybridized carbons (Fsp3) is 0.435. The molecule has 2 aromatic carbocycles. The van der Waals surface area contributed by atoms with Crippen LogP contribution in [0.4, 0.5) is 4.39 Å². The molecule has 1 saturated heterocycles. The molecule has 0 bridgehead atoms. The average Bonchev–Trinajstić information content (AvgIpc) is 2.76. The molecule has 0 aromatic heterocycles. The lowest BCUT2D eigenvalue weighted by atomic mass is 9.84. The molecule has 164 valence electrons. The van der Waals surface area contributed by atoms with Crippen LogP contribution in [0.3, 0.4) is 0 Å². The Morgan fingerprint density at radius 3 is 2.10 bits per heavy atom. The highest BCUT2D eigenvalue weighted by atomic mass is 35.5. The molecule has 0 saturated carbocycles. The number of hydrogen-bond donors (Lipinski definition) is 3. The van der Waals surface area contributed by atoms with Crippen molar-refractivity contribution >= 4 is 17.4 Å². The van der Waals surface area contributed by atoms with E-state index in [1.165, 1.54) is 24.3 Å². The van der Waals surface area contributed by atoms with E-state index in [1.54, 1.807) is 0 Å². The van der Waals surface area contributed by atoms with Crippen LogP contribution in [0.25, 0.3) is 0 Å². The van der Waals surface area contributed by atoms with Gasteiger partial charge in [0.25, 0.3) is 0 Å². The summed E-state index contributed by atoms with van der Waals surface area (Å²) < 4.78 is 12.9. The van der Waals surface area contributed by atoms with Crippen molar-refractivity contribution in [3.63, 3.8) is 0 Å². The maximum atomic E-state index is 12.9. The van der Waals surface area contributed by atoms with Gasteiger partial charge in [-0.1, -0.05) is 23.7 Å². The lowest BCUT2D eigenvalue weighted by molar-refractivity contribution is -0.0260. The van der Waals surface area contributed by atoms with Crippen molar-refractivity contribution in [2.24, 2.45) is 0 Å².